The van der Waals surface area contributed by atoms with Crippen LogP contribution in [0.1, 0.15) is 71.9 Å². The van der Waals surface area contributed by atoms with Gasteiger partial charge in [0.05, 0.1) is 11.9 Å². The SMILES string of the molecule is C[C@H](Oc1nccc(C(=O)C2=C(N)[C@@]3(CCC2)CCCc2sc(N=CN(C)C)c(C#N)c23)n1)[C@@H]1C[C@@H](F)CN1C. The van der Waals surface area contributed by atoms with Crippen LogP contribution in [0.2, 0.25) is 0 Å². The average molecular weight is 566 g/mol. The highest BCUT2D eigenvalue weighted by Crippen LogP contribution is 2.54. The number of fused-ring (bicyclic) bond motifs is 2. The first-order chi connectivity index (χ1) is 19.1. The maximum absolute atomic E-state index is 13.9. The Kier molecular flexibility index (Phi) is 7.93. The van der Waals surface area contributed by atoms with E-state index in [1.807, 2.05) is 37.9 Å². The molecular weight excluding hydrogens is 529 g/mol. The minimum Gasteiger partial charge on any atom is -0.459 e. The monoisotopic (exact) mass is 565 g/mol. The number of allylic oxidation sites excluding steroid dienone is 2. The number of likely N-dealkylation sites (N-methyl/N-ethyl adjacent to an activating group) is 1. The third-order valence-electron chi connectivity index (χ3n) is 8.36. The summed E-state index contributed by atoms with van der Waals surface area (Å²) in [4.78, 5) is 32.0. The number of nitrogens with zero attached hydrogens (tertiary/aromatic N) is 6. The number of hydrogen-bond donors (Lipinski definition) is 1. The van der Waals surface area contributed by atoms with Crippen LogP contribution in [0.4, 0.5) is 9.39 Å². The normalized spacial score (nSPS) is 25.7. The number of likely N-dealkylation sites (tertiary alicyclic amines) is 1. The summed E-state index contributed by atoms with van der Waals surface area (Å²) in [7, 11) is 5.65. The minimum atomic E-state index is -0.885. The van der Waals surface area contributed by atoms with E-state index in [1.165, 1.54) is 6.20 Å². The molecule has 0 bridgehead atoms. The molecular formula is C29H36FN7O2S. The van der Waals surface area contributed by atoms with E-state index in [-0.39, 0.29) is 29.6 Å². The van der Waals surface area contributed by atoms with E-state index in [0.717, 1.165) is 42.5 Å². The molecule has 0 amide bonds. The number of rotatable bonds is 7. The standard InChI is InChI=1S/C29H36FN7O2S/c1-17(22-13-18(30)15-37(22)4)39-28-33-12-9-21(35-28)25(38)19-7-5-10-29(26(19)32)11-6-8-23-24(29)20(14-31)27(40-23)34-16-36(2)3/h9,12,16-18,22H,5-8,10-11,13,15,32H2,1-4H3/t17-,18+,22-,29-/m0/s1. The quantitative estimate of drug-likeness (QED) is 0.300. The summed E-state index contributed by atoms with van der Waals surface area (Å²) in [6.07, 6.45) is 7.06. The number of Topliss-reactive ketones (excluding diaryl/α,β-unsaturated/α-hetero) is 1. The number of thiophene rings is 1. The van der Waals surface area contributed by atoms with Gasteiger partial charge in [0.15, 0.2) is 0 Å². The highest BCUT2D eigenvalue weighted by Gasteiger charge is 2.46. The Morgan fingerprint density at radius 1 is 1.40 bits per heavy atom. The summed E-state index contributed by atoms with van der Waals surface area (Å²) < 4.78 is 19.9. The summed E-state index contributed by atoms with van der Waals surface area (Å²) in [5.74, 6) is -0.245. The topological polar surface area (TPSA) is 121 Å². The third kappa shape index (κ3) is 5.10. The van der Waals surface area contributed by atoms with Crippen LogP contribution >= 0.6 is 11.3 Å². The largest absolute Gasteiger partial charge is 0.459 e. The highest BCUT2D eigenvalue weighted by atomic mass is 32.1. The van der Waals surface area contributed by atoms with Crippen molar-refractivity contribution in [1.29, 1.82) is 5.26 Å². The van der Waals surface area contributed by atoms with Crippen LogP contribution in [0.15, 0.2) is 28.5 Å². The molecule has 1 spiro atoms. The van der Waals surface area contributed by atoms with Crippen LogP contribution < -0.4 is 10.5 Å². The molecule has 2 aromatic rings. The number of carbonyl (C=O) groups excluding carboxylic acids is 1. The molecule has 9 nitrogen and oxygen atoms in total. The van der Waals surface area contributed by atoms with E-state index < -0.39 is 11.6 Å². The zero-order chi connectivity index (χ0) is 28.6. The molecule has 5 rings (SSSR count). The Balaban J connectivity index is 1.47. The summed E-state index contributed by atoms with van der Waals surface area (Å²) in [5, 5.41) is 10.9. The highest BCUT2D eigenvalue weighted by molar-refractivity contribution is 7.16. The molecule has 1 fully saturated rings. The van der Waals surface area contributed by atoms with Crippen LogP contribution in [0, 0.1) is 11.3 Å². The Morgan fingerprint density at radius 2 is 2.15 bits per heavy atom. The van der Waals surface area contributed by atoms with Gasteiger partial charge < -0.3 is 15.4 Å². The molecule has 2 N–H and O–H groups in total. The van der Waals surface area contributed by atoms with Crippen molar-refractivity contribution in [3.8, 4) is 12.1 Å². The van der Waals surface area contributed by atoms with Gasteiger partial charge in [-0.1, -0.05) is 0 Å². The van der Waals surface area contributed by atoms with E-state index in [9.17, 15) is 14.4 Å². The van der Waals surface area contributed by atoms with Gasteiger partial charge in [0.1, 0.15) is 29.0 Å². The number of halogens is 1. The molecule has 0 unspecified atom stereocenters. The first kappa shape index (κ1) is 28.2. The van der Waals surface area contributed by atoms with Gasteiger partial charge in [0.25, 0.3) is 0 Å². The third-order valence-corrected chi connectivity index (χ3v) is 9.52. The molecule has 11 heteroatoms. The molecule has 0 saturated carbocycles. The fourth-order valence-corrected chi connectivity index (χ4v) is 7.73. The van der Waals surface area contributed by atoms with Crippen molar-refractivity contribution in [1.82, 2.24) is 19.8 Å². The average Bonchev–Trinajstić information content (AvgIpc) is 3.47. The maximum Gasteiger partial charge on any atom is 0.317 e. The van der Waals surface area contributed by atoms with Gasteiger partial charge in [0, 0.05) is 54.4 Å². The second-order valence-electron chi connectivity index (χ2n) is 11.3. The molecule has 0 radical (unpaired) electrons. The van der Waals surface area contributed by atoms with Gasteiger partial charge in [-0.2, -0.15) is 10.2 Å². The number of aliphatic imine (C=N–C) groups is 1. The van der Waals surface area contributed by atoms with Crippen LogP contribution in [0.25, 0.3) is 0 Å². The predicted octanol–water partition coefficient (Wildman–Crippen LogP) is 4.29. The lowest BCUT2D eigenvalue weighted by molar-refractivity contribution is 0.0999. The van der Waals surface area contributed by atoms with Crippen LogP contribution in [0.5, 0.6) is 6.01 Å². The molecule has 1 aliphatic heterocycles. The van der Waals surface area contributed by atoms with Gasteiger partial charge in [-0.3, -0.25) is 9.69 Å². The smallest absolute Gasteiger partial charge is 0.317 e. The fraction of sp³-hybridized carbons (Fsp3) is 0.552. The van der Waals surface area contributed by atoms with E-state index in [4.69, 9.17) is 10.5 Å². The van der Waals surface area contributed by atoms with Crippen molar-refractivity contribution in [2.45, 2.75) is 75.6 Å². The lowest BCUT2D eigenvalue weighted by Gasteiger charge is -2.42. The number of aromatic nitrogens is 2. The molecule has 4 atom stereocenters. The zero-order valence-electron chi connectivity index (χ0n) is 23.5. The van der Waals surface area contributed by atoms with E-state index in [2.05, 4.69) is 21.0 Å². The molecule has 0 aromatic carbocycles. The van der Waals surface area contributed by atoms with Crippen molar-refractivity contribution >= 4 is 28.5 Å². The molecule has 2 aromatic heterocycles. The number of alkyl halides is 1. The van der Waals surface area contributed by atoms with E-state index >= 15 is 0 Å². The molecule has 1 saturated heterocycles. The van der Waals surface area contributed by atoms with Crippen LogP contribution in [0.3, 0.4) is 0 Å². The van der Waals surface area contributed by atoms with Crippen molar-refractivity contribution in [2.24, 2.45) is 10.7 Å². The first-order valence-electron chi connectivity index (χ1n) is 13.8. The van der Waals surface area contributed by atoms with Crippen molar-refractivity contribution < 1.29 is 13.9 Å². The van der Waals surface area contributed by atoms with E-state index in [0.29, 0.717) is 41.2 Å². The Bertz CT molecular complexity index is 1400. The summed E-state index contributed by atoms with van der Waals surface area (Å²) >= 11 is 1.55. The number of carbonyl (C=O) groups is 1. The molecule has 3 aliphatic rings. The Morgan fingerprint density at radius 3 is 2.83 bits per heavy atom. The first-order valence-corrected chi connectivity index (χ1v) is 14.6. The number of nitriles is 1. The Labute approximate surface area is 238 Å². The van der Waals surface area contributed by atoms with Crippen LogP contribution in [-0.2, 0) is 11.8 Å². The minimum absolute atomic E-state index is 0.0895. The van der Waals surface area contributed by atoms with Gasteiger partial charge in [-0.25, -0.2) is 14.4 Å². The number of aryl methyl sites for hydroxylation is 1. The summed E-state index contributed by atoms with van der Waals surface area (Å²) in [5.41, 5.74) is 9.16. The second kappa shape index (κ2) is 11.3. The van der Waals surface area contributed by atoms with E-state index in [1.54, 1.807) is 23.7 Å². The number of ether oxygens (including phenoxy) is 1. The number of nitrogens with two attached hydrogens (primary N) is 1. The summed E-state index contributed by atoms with van der Waals surface area (Å²) in [6, 6.07) is 3.97. The van der Waals surface area contributed by atoms with Crippen molar-refractivity contribution in [3.05, 3.63) is 45.2 Å². The summed E-state index contributed by atoms with van der Waals surface area (Å²) in [6.45, 7) is 2.24. The lowest BCUT2D eigenvalue weighted by Crippen LogP contribution is -2.40. The second-order valence-corrected chi connectivity index (χ2v) is 12.4. The van der Waals surface area contributed by atoms with Gasteiger partial charge in [0.2, 0.25) is 5.78 Å². The van der Waals surface area contributed by atoms with Gasteiger partial charge >= 0.3 is 6.01 Å². The fourth-order valence-electron chi connectivity index (χ4n) is 6.50. The number of hydrogen-bond acceptors (Lipinski definition) is 9. The van der Waals surface area contributed by atoms with Crippen molar-refractivity contribution in [3.63, 3.8) is 0 Å². The number of ketones is 1. The van der Waals surface area contributed by atoms with Gasteiger partial charge in [-0.15, -0.1) is 11.3 Å². The maximum atomic E-state index is 13.9. The van der Waals surface area contributed by atoms with Crippen molar-refractivity contribution in [2.75, 3.05) is 27.7 Å². The Hall–Kier alpha value is -3.36. The lowest BCUT2D eigenvalue weighted by atomic mass is 9.62. The molecule has 40 heavy (non-hydrogen) atoms. The predicted molar refractivity (Wildman–Crippen MR) is 153 cm³/mol. The van der Waals surface area contributed by atoms with Gasteiger partial charge in [-0.05, 0) is 70.5 Å². The molecule has 2 aliphatic carbocycles. The van der Waals surface area contributed by atoms with Crippen LogP contribution in [-0.4, -0.2) is 77.9 Å². The zero-order valence-corrected chi connectivity index (χ0v) is 24.3. The molecule has 212 valence electrons. The molecule has 3 heterocycles.